The average Bonchev–Trinajstić information content (AvgIpc) is 3.26. The van der Waals surface area contributed by atoms with Gasteiger partial charge in [-0.05, 0) is 37.0 Å². The number of aromatic amines is 1. The summed E-state index contributed by atoms with van der Waals surface area (Å²) in [6.07, 6.45) is 3.17. The summed E-state index contributed by atoms with van der Waals surface area (Å²) >= 11 is 0. The van der Waals surface area contributed by atoms with Crippen LogP contribution in [0.1, 0.15) is 41.5 Å². The quantitative estimate of drug-likeness (QED) is 0.888. The van der Waals surface area contributed by atoms with E-state index in [4.69, 9.17) is 4.74 Å². The maximum Gasteiger partial charge on any atom is 0.270 e. The van der Waals surface area contributed by atoms with Crippen LogP contribution in [0.3, 0.4) is 0 Å². The molecule has 4 heteroatoms. The van der Waals surface area contributed by atoms with Gasteiger partial charge >= 0.3 is 0 Å². The summed E-state index contributed by atoms with van der Waals surface area (Å²) in [6.45, 7) is 4.14. The minimum absolute atomic E-state index is 0.0454. The van der Waals surface area contributed by atoms with Gasteiger partial charge in [-0.3, -0.25) is 4.79 Å². The fraction of sp³-hybridized carbons (Fsp3) is 0.421. The molecule has 1 amide bonds. The van der Waals surface area contributed by atoms with Crippen molar-refractivity contribution in [3.05, 3.63) is 59.4 Å². The molecule has 1 aliphatic heterocycles. The van der Waals surface area contributed by atoms with E-state index >= 15 is 0 Å². The van der Waals surface area contributed by atoms with Gasteiger partial charge in [0.2, 0.25) is 0 Å². The number of aryl methyl sites for hydroxylation is 1. The summed E-state index contributed by atoms with van der Waals surface area (Å²) in [5.41, 5.74) is 2.89. The topological polar surface area (TPSA) is 45.3 Å². The second kappa shape index (κ2) is 7.47. The molecule has 122 valence electrons. The Bertz CT molecular complexity index is 630. The Balaban J connectivity index is 1.76. The van der Waals surface area contributed by atoms with Crippen LogP contribution >= 0.6 is 0 Å². The Kier molecular flexibility index (Phi) is 5.13. The number of aromatic nitrogens is 1. The molecule has 1 N–H and O–H groups in total. The first-order valence-electron chi connectivity index (χ1n) is 8.39. The Morgan fingerprint density at radius 3 is 2.74 bits per heavy atom. The van der Waals surface area contributed by atoms with Crippen molar-refractivity contribution in [2.45, 2.75) is 38.8 Å². The number of carbonyl (C=O) groups excluding carboxylic acids is 1. The lowest BCUT2D eigenvalue weighted by Gasteiger charge is -2.25. The lowest BCUT2D eigenvalue weighted by Crippen LogP contribution is -2.37. The molecule has 1 aromatic heterocycles. The number of rotatable bonds is 6. The molecule has 1 fully saturated rings. The number of hydrogen-bond donors (Lipinski definition) is 1. The molecule has 1 aromatic carbocycles. The van der Waals surface area contributed by atoms with Crippen molar-refractivity contribution in [1.82, 2.24) is 9.88 Å². The Hall–Kier alpha value is -2.07. The summed E-state index contributed by atoms with van der Waals surface area (Å²) in [4.78, 5) is 18.0. The smallest absolute Gasteiger partial charge is 0.270 e. The van der Waals surface area contributed by atoms with Crippen LogP contribution in [0.25, 0.3) is 0 Å². The van der Waals surface area contributed by atoms with Gasteiger partial charge in [-0.1, -0.05) is 37.3 Å². The van der Waals surface area contributed by atoms with Crippen LogP contribution in [0.15, 0.2) is 42.5 Å². The van der Waals surface area contributed by atoms with E-state index in [-0.39, 0.29) is 12.0 Å². The van der Waals surface area contributed by atoms with E-state index in [1.807, 2.05) is 35.2 Å². The van der Waals surface area contributed by atoms with E-state index in [1.165, 1.54) is 0 Å². The lowest BCUT2D eigenvalue weighted by atomic mass is 10.1. The van der Waals surface area contributed by atoms with Gasteiger partial charge in [-0.2, -0.15) is 0 Å². The predicted octanol–water partition coefficient (Wildman–Crippen LogP) is 3.40. The van der Waals surface area contributed by atoms with Crippen molar-refractivity contribution in [1.29, 1.82) is 0 Å². The van der Waals surface area contributed by atoms with Crippen LogP contribution in [0.5, 0.6) is 0 Å². The van der Waals surface area contributed by atoms with Crippen LogP contribution in [0.4, 0.5) is 0 Å². The molecule has 2 aromatic rings. The largest absolute Gasteiger partial charge is 0.376 e. The Labute approximate surface area is 137 Å². The molecule has 0 saturated carbocycles. The van der Waals surface area contributed by atoms with E-state index < -0.39 is 0 Å². The molecule has 0 aliphatic carbocycles. The summed E-state index contributed by atoms with van der Waals surface area (Å²) in [5.74, 6) is 0.0454. The van der Waals surface area contributed by atoms with Crippen molar-refractivity contribution in [2.24, 2.45) is 0 Å². The van der Waals surface area contributed by atoms with Crippen molar-refractivity contribution >= 4 is 5.91 Å². The van der Waals surface area contributed by atoms with Crippen molar-refractivity contribution in [3.8, 4) is 0 Å². The van der Waals surface area contributed by atoms with E-state index in [9.17, 15) is 4.79 Å². The van der Waals surface area contributed by atoms with E-state index in [1.54, 1.807) is 0 Å². The molecular formula is C19H24N2O2. The third-order valence-electron chi connectivity index (χ3n) is 4.31. The number of nitrogens with zero attached hydrogens (tertiary/aromatic N) is 1. The van der Waals surface area contributed by atoms with Crippen LogP contribution in [0, 0.1) is 0 Å². The first kappa shape index (κ1) is 15.8. The minimum atomic E-state index is 0.0454. The highest BCUT2D eigenvalue weighted by Crippen LogP contribution is 2.17. The number of hydrogen-bond acceptors (Lipinski definition) is 2. The average molecular weight is 312 g/mol. The van der Waals surface area contributed by atoms with Gasteiger partial charge in [-0.15, -0.1) is 0 Å². The molecule has 2 heterocycles. The first-order chi connectivity index (χ1) is 11.3. The van der Waals surface area contributed by atoms with Crippen LogP contribution < -0.4 is 0 Å². The zero-order chi connectivity index (χ0) is 16.1. The SMILES string of the molecule is CCc1ccc(C(=O)N(Cc2ccccc2)CC2CCCO2)[nH]1. The monoisotopic (exact) mass is 312 g/mol. The molecule has 0 spiro atoms. The molecule has 0 bridgehead atoms. The van der Waals surface area contributed by atoms with Crippen molar-refractivity contribution < 1.29 is 9.53 Å². The molecule has 1 saturated heterocycles. The van der Waals surface area contributed by atoms with E-state index in [0.29, 0.717) is 18.8 Å². The second-order valence-corrected chi connectivity index (χ2v) is 6.06. The van der Waals surface area contributed by atoms with Crippen molar-refractivity contribution in [2.75, 3.05) is 13.2 Å². The van der Waals surface area contributed by atoms with Gasteiger partial charge in [0.1, 0.15) is 5.69 Å². The van der Waals surface area contributed by atoms with Crippen LogP contribution in [-0.2, 0) is 17.7 Å². The van der Waals surface area contributed by atoms with E-state index in [0.717, 1.165) is 37.1 Å². The van der Waals surface area contributed by atoms with Crippen LogP contribution in [0.2, 0.25) is 0 Å². The highest BCUT2D eigenvalue weighted by Gasteiger charge is 2.24. The van der Waals surface area contributed by atoms with E-state index in [2.05, 4.69) is 24.0 Å². The summed E-state index contributed by atoms with van der Waals surface area (Å²) in [7, 11) is 0. The molecule has 4 nitrogen and oxygen atoms in total. The molecule has 23 heavy (non-hydrogen) atoms. The molecule has 3 rings (SSSR count). The summed E-state index contributed by atoms with van der Waals surface area (Å²) < 4.78 is 5.73. The molecular weight excluding hydrogens is 288 g/mol. The van der Waals surface area contributed by atoms with Crippen LogP contribution in [-0.4, -0.2) is 35.0 Å². The number of ether oxygens (including phenoxy) is 1. The highest BCUT2D eigenvalue weighted by atomic mass is 16.5. The molecule has 1 atom stereocenters. The lowest BCUT2D eigenvalue weighted by molar-refractivity contribution is 0.0503. The number of nitrogens with one attached hydrogen (secondary N) is 1. The van der Waals surface area contributed by atoms with Gasteiger partial charge in [0.25, 0.3) is 5.91 Å². The van der Waals surface area contributed by atoms with Gasteiger partial charge in [0.15, 0.2) is 0 Å². The number of amides is 1. The predicted molar refractivity (Wildman–Crippen MR) is 90.3 cm³/mol. The number of H-pyrrole nitrogens is 1. The fourth-order valence-corrected chi connectivity index (χ4v) is 3.00. The van der Waals surface area contributed by atoms with Gasteiger partial charge < -0.3 is 14.6 Å². The molecule has 1 unspecified atom stereocenters. The number of benzene rings is 1. The standard InChI is InChI=1S/C19H24N2O2/c1-2-16-10-11-18(20-16)19(22)21(14-17-9-6-12-23-17)13-15-7-4-3-5-8-15/h3-5,7-8,10-11,17,20H,2,6,9,12-14H2,1H3. The second-order valence-electron chi connectivity index (χ2n) is 6.06. The maximum absolute atomic E-state index is 12.9. The third-order valence-corrected chi connectivity index (χ3v) is 4.31. The normalized spacial score (nSPS) is 17.3. The molecule has 1 aliphatic rings. The fourth-order valence-electron chi connectivity index (χ4n) is 3.00. The summed E-state index contributed by atoms with van der Waals surface area (Å²) in [6, 6.07) is 14.0. The first-order valence-corrected chi connectivity index (χ1v) is 8.39. The minimum Gasteiger partial charge on any atom is -0.376 e. The molecule has 0 radical (unpaired) electrons. The van der Waals surface area contributed by atoms with Gasteiger partial charge in [-0.25, -0.2) is 0 Å². The summed E-state index contributed by atoms with van der Waals surface area (Å²) in [5, 5.41) is 0. The zero-order valence-electron chi connectivity index (χ0n) is 13.6. The maximum atomic E-state index is 12.9. The van der Waals surface area contributed by atoms with Gasteiger partial charge in [0.05, 0.1) is 6.10 Å². The Morgan fingerprint density at radius 2 is 2.09 bits per heavy atom. The third kappa shape index (κ3) is 4.02. The van der Waals surface area contributed by atoms with Crippen molar-refractivity contribution in [3.63, 3.8) is 0 Å². The Morgan fingerprint density at radius 1 is 1.26 bits per heavy atom. The zero-order valence-corrected chi connectivity index (χ0v) is 13.6. The number of carbonyl (C=O) groups is 1. The van der Waals surface area contributed by atoms with Gasteiger partial charge in [0, 0.05) is 25.4 Å². The highest BCUT2D eigenvalue weighted by molar-refractivity contribution is 5.92.